The molecule has 0 aliphatic carbocycles. The third-order valence-corrected chi connectivity index (χ3v) is 4.18. The zero-order valence-electron chi connectivity index (χ0n) is 14.0. The van der Waals surface area contributed by atoms with E-state index in [1.165, 1.54) is 0 Å². The number of para-hydroxylation sites is 1. The fourth-order valence-electron chi connectivity index (χ4n) is 2.57. The van der Waals surface area contributed by atoms with Crippen LogP contribution in [0.3, 0.4) is 0 Å². The van der Waals surface area contributed by atoms with Gasteiger partial charge in [0.2, 0.25) is 0 Å². The monoisotopic (exact) mass is 368 g/mol. The van der Waals surface area contributed by atoms with Crippen molar-refractivity contribution in [2.75, 3.05) is 6.54 Å². The highest BCUT2D eigenvalue weighted by Gasteiger charge is 2.10. The Bertz CT molecular complexity index is 994. The van der Waals surface area contributed by atoms with Crippen molar-refractivity contribution >= 4 is 40.5 Å². The van der Waals surface area contributed by atoms with Gasteiger partial charge in [-0.2, -0.15) is 5.10 Å². The summed E-state index contributed by atoms with van der Waals surface area (Å²) in [4.78, 5) is 27.1. The number of nitrogens with zero attached hydrogens (tertiary/aromatic N) is 1. The fourth-order valence-corrected chi connectivity index (χ4v) is 2.80. The maximum Gasteiger partial charge on any atom is 0.259 e. The Balaban J connectivity index is 1.57. The Labute approximate surface area is 155 Å². The van der Waals surface area contributed by atoms with E-state index in [-0.39, 0.29) is 6.54 Å². The number of aromatic amines is 1. The number of benzene rings is 2. The Morgan fingerprint density at radius 3 is 2.69 bits per heavy atom. The number of aryl methyl sites for hydroxylation is 1. The van der Waals surface area contributed by atoms with E-state index in [2.05, 4.69) is 20.8 Å². The second-order valence-electron chi connectivity index (χ2n) is 5.66. The number of H-pyrrole nitrogens is 1. The van der Waals surface area contributed by atoms with E-state index in [9.17, 15) is 9.59 Å². The third-order valence-electron chi connectivity index (χ3n) is 3.85. The lowest BCUT2D eigenvalue weighted by Crippen LogP contribution is -2.35. The molecule has 26 heavy (non-hydrogen) atoms. The van der Waals surface area contributed by atoms with Crippen molar-refractivity contribution in [3.8, 4) is 0 Å². The first-order chi connectivity index (χ1) is 12.6. The fraction of sp³-hybridized carbons (Fsp3) is 0.105. The zero-order valence-corrected chi connectivity index (χ0v) is 14.8. The molecule has 0 saturated carbocycles. The summed E-state index contributed by atoms with van der Waals surface area (Å²) in [6, 6.07) is 14.5. The molecule has 3 rings (SSSR count). The second kappa shape index (κ2) is 7.84. The van der Waals surface area contributed by atoms with E-state index in [4.69, 9.17) is 11.6 Å². The quantitative estimate of drug-likeness (QED) is 0.477. The number of carbonyl (C=O) groups excluding carboxylic acids is 2. The van der Waals surface area contributed by atoms with Crippen LogP contribution in [0.5, 0.6) is 0 Å². The standard InChI is InChI=1S/C19H17ClN4O2/c1-12-15(13-6-3-5-9-17(13)23-12)10-22-24-18(25)11-21-19(26)14-7-2-4-8-16(14)20/h2-10,23H,11H2,1H3,(H,21,26)(H,24,25). The highest BCUT2D eigenvalue weighted by atomic mass is 35.5. The maximum atomic E-state index is 12.0. The zero-order chi connectivity index (χ0) is 18.5. The van der Waals surface area contributed by atoms with Gasteiger partial charge in [-0.1, -0.05) is 41.9 Å². The van der Waals surface area contributed by atoms with Gasteiger partial charge in [0.05, 0.1) is 23.3 Å². The van der Waals surface area contributed by atoms with Crippen molar-refractivity contribution in [3.63, 3.8) is 0 Å². The molecular formula is C19H17ClN4O2. The molecule has 0 fully saturated rings. The summed E-state index contributed by atoms with van der Waals surface area (Å²) < 4.78 is 0. The number of hydrazone groups is 1. The molecule has 0 aliphatic rings. The minimum atomic E-state index is -0.431. The molecule has 0 radical (unpaired) electrons. The number of rotatable bonds is 5. The van der Waals surface area contributed by atoms with Crippen LogP contribution in [0.15, 0.2) is 53.6 Å². The van der Waals surface area contributed by atoms with Gasteiger partial charge >= 0.3 is 0 Å². The predicted octanol–water partition coefficient (Wildman–Crippen LogP) is 3.01. The van der Waals surface area contributed by atoms with Crippen molar-refractivity contribution in [3.05, 3.63) is 70.4 Å². The normalized spacial score (nSPS) is 11.0. The Morgan fingerprint density at radius 1 is 1.15 bits per heavy atom. The predicted molar refractivity (Wildman–Crippen MR) is 103 cm³/mol. The van der Waals surface area contributed by atoms with Gasteiger partial charge in [0.15, 0.2) is 0 Å². The first-order valence-electron chi connectivity index (χ1n) is 7.98. The lowest BCUT2D eigenvalue weighted by molar-refractivity contribution is -0.120. The van der Waals surface area contributed by atoms with E-state index in [1.807, 2.05) is 31.2 Å². The third kappa shape index (κ3) is 3.92. The van der Waals surface area contributed by atoms with Gasteiger partial charge in [-0.25, -0.2) is 5.43 Å². The van der Waals surface area contributed by atoms with Gasteiger partial charge in [0.1, 0.15) is 0 Å². The smallest absolute Gasteiger partial charge is 0.259 e. The minimum Gasteiger partial charge on any atom is -0.358 e. The summed E-state index contributed by atoms with van der Waals surface area (Å²) in [5.41, 5.74) is 5.59. The average molecular weight is 369 g/mol. The van der Waals surface area contributed by atoms with Crippen LogP contribution >= 0.6 is 11.6 Å². The molecule has 6 nitrogen and oxygen atoms in total. The Morgan fingerprint density at radius 2 is 1.88 bits per heavy atom. The van der Waals surface area contributed by atoms with Crippen LogP contribution in [0.4, 0.5) is 0 Å². The van der Waals surface area contributed by atoms with Crippen LogP contribution < -0.4 is 10.7 Å². The van der Waals surface area contributed by atoms with Crippen molar-refractivity contribution in [2.24, 2.45) is 5.10 Å². The summed E-state index contributed by atoms with van der Waals surface area (Å²) in [7, 11) is 0. The van der Waals surface area contributed by atoms with E-state index in [1.54, 1.807) is 30.5 Å². The molecule has 1 heterocycles. The van der Waals surface area contributed by atoms with Crippen LogP contribution in [-0.4, -0.2) is 29.6 Å². The molecule has 1 aromatic heterocycles. The van der Waals surface area contributed by atoms with E-state index in [0.717, 1.165) is 22.2 Å². The van der Waals surface area contributed by atoms with Gasteiger partial charge in [-0.05, 0) is 25.1 Å². The summed E-state index contributed by atoms with van der Waals surface area (Å²) >= 11 is 5.95. The molecule has 132 valence electrons. The molecule has 0 unspecified atom stereocenters. The lowest BCUT2D eigenvalue weighted by Gasteiger charge is -2.05. The summed E-state index contributed by atoms with van der Waals surface area (Å²) in [5.74, 6) is -0.846. The van der Waals surface area contributed by atoms with Gasteiger partial charge in [-0.3, -0.25) is 9.59 Å². The molecule has 2 aromatic carbocycles. The Hall–Kier alpha value is -3.12. The van der Waals surface area contributed by atoms with Crippen molar-refractivity contribution in [2.45, 2.75) is 6.92 Å². The van der Waals surface area contributed by atoms with Crippen LogP contribution in [0.1, 0.15) is 21.6 Å². The largest absolute Gasteiger partial charge is 0.358 e. The van der Waals surface area contributed by atoms with Gasteiger partial charge in [-0.15, -0.1) is 0 Å². The number of hydrogen-bond acceptors (Lipinski definition) is 3. The van der Waals surface area contributed by atoms with Crippen LogP contribution in [0.25, 0.3) is 10.9 Å². The second-order valence-corrected chi connectivity index (χ2v) is 6.07. The molecule has 0 aliphatic heterocycles. The molecular weight excluding hydrogens is 352 g/mol. The number of fused-ring (bicyclic) bond motifs is 1. The molecule has 0 saturated heterocycles. The summed E-state index contributed by atoms with van der Waals surface area (Å²) in [6.45, 7) is 1.74. The van der Waals surface area contributed by atoms with Crippen molar-refractivity contribution < 1.29 is 9.59 Å². The molecule has 0 atom stereocenters. The number of hydrogen-bond donors (Lipinski definition) is 3. The number of amides is 2. The number of nitrogens with one attached hydrogen (secondary N) is 3. The van der Waals surface area contributed by atoms with E-state index in [0.29, 0.717) is 10.6 Å². The van der Waals surface area contributed by atoms with Crippen molar-refractivity contribution in [1.29, 1.82) is 0 Å². The van der Waals surface area contributed by atoms with Crippen molar-refractivity contribution in [1.82, 2.24) is 15.7 Å². The molecule has 0 spiro atoms. The van der Waals surface area contributed by atoms with Gasteiger partial charge in [0, 0.05) is 22.2 Å². The van der Waals surface area contributed by atoms with Crippen LogP contribution in [0.2, 0.25) is 5.02 Å². The highest BCUT2D eigenvalue weighted by molar-refractivity contribution is 6.33. The average Bonchev–Trinajstić information content (AvgIpc) is 2.95. The number of carbonyl (C=O) groups is 2. The SMILES string of the molecule is Cc1[nH]c2ccccc2c1C=NNC(=O)CNC(=O)c1ccccc1Cl. The highest BCUT2D eigenvalue weighted by Crippen LogP contribution is 2.19. The van der Waals surface area contributed by atoms with Gasteiger partial charge in [0.25, 0.3) is 11.8 Å². The van der Waals surface area contributed by atoms with Crippen LogP contribution in [0, 0.1) is 6.92 Å². The topological polar surface area (TPSA) is 86.3 Å². The van der Waals surface area contributed by atoms with E-state index < -0.39 is 11.8 Å². The summed E-state index contributed by atoms with van der Waals surface area (Å²) in [5, 5.41) is 7.83. The molecule has 2 amide bonds. The maximum absolute atomic E-state index is 12.0. The minimum absolute atomic E-state index is 0.200. The summed E-state index contributed by atoms with van der Waals surface area (Å²) in [6.07, 6.45) is 1.59. The molecule has 0 bridgehead atoms. The number of aromatic nitrogens is 1. The first-order valence-corrected chi connectivity index (χ1v) is 8.36. The Kier molecular flexibility index (Phi) is 5.34. The molecule has 3 N–H and O–H groups in total. The lowest BCUT2D eigenvalue weighted by atomic mass is 10.1. The number of halogens is 1. The molecule has 7 heteroatoms. The van der Waals surface area contributed by atoms with E-state index >= 15 is 0 Å². The van der Waals surface area contributed by atoms with Gasteiger partial charge < -0.3 is 10.3 Å². The molecule has 3 aromatic rings. The first kappa shape index (κ1) is 17.7. The van der Waals surface area contributed by atoms with Crippen LogP contribution in [-0.2, 0) is 4.79 Å².